The molecule has 1 aliphatic heterocycles. The van der Waals surface area contributed by atoms with Crippen LogP contribution in [0.25, 0.3) is 72.1 Å². The molecular weight excluding hydrogens is 1130 g/mol. The van der Waals surface area contributed by atoms with Gasteiger partial charge in [0.15, 0.2) is 0 Å². The van der Waals surface area contributed by atoms with Crippen molar-refractivity contribution in [1.29, 1.82) is 0 Å². The Morgan fingerprint density at radius 1 is 0.436 bits per heavy atom. The van der Waals surface area contributed by atoms with E-state index < -0.39 is 0 Å². The van der Waals surface area contributed by atoms with Crippen molar-refractivity contribution in [3.05, 3.63) is 248 Å². The first-order valence-electron chi connectivity index (χ1n) is 26.8. The minimum Gasteiger partial charge on any atom is -0.509 e. The van der Waals surface area contributed by atoms with Crippen LogP contribution in [0.3, 0.4) is 0 Å². The second-order valence-corrected chi connectivity index (χ2v) is 23.4. The average Bonchev–Trinajstić information content (AvgIpc) is 4.16. The van der Waals surface area contributed by atoms with Crippen molar-refractivity contribution in [3.8, 4) is 61.8 Å². The summed E-state index contributed by atoms with van der Waals surface area (Å²) in [4.78, 5) is 9.75. The number of hydrogen-bond donors (Lipinski definition) is 0. The molecule has 0 amide bonds. The monoisotopic (exact) mass is 1190 g/mol. The van der Waals surface area contributed by atoms with Gasteiger partial charge in [-0.15, -0.1) is 48.1 Å². The standard InChI is InChI=1S/C72H63N4O.Pt/c1-70(2,3)52-39-37-49(38-40-52)48-33-35-51(36-34-48)56-27-20-28-60(57-25-13-15-29-62(57)71(4,5)6)69(56)75-47-74(65-31-17-18-32-66(65)75)53-23-19-24-54(43-53)77-55-41-42-59-58-26-14-16-30-64(58)76(67(59)44-55)68-45-63(72(7,8)9)61(46-73-68)50-21-11-10-12-22-50;/h10-42,45-47H,1-9H3;/q-3;. The third-order valence-corrected chi connectivity index (χ3v) is 15.0. The molecule has 0 aliphatic carbocycles. The molecule has 390 valence electrons. The van der Waals surface area contributed by atoms with Gasteiger partial charge in [0.05, 0.1) is 0 Å². The molecule has 0 radical (unpaired) electrons. The molecule has 0 bridgehead atoms. The van der Waals surface area contributed by atoms with Crippen LogP contribution in [-0.4, -0.2) is 9.55 Å². The van der Waals surface area contributed by atoms with Gasteiger partial charge >= 0.3 is 0 Å². The first-order valence-corrected chi connectivity index (χ1v) is 26.8. The fraction of sp³-hybridized carbons (Fsp3) is 0.167. The Morgan fingerprint density at radius 2 is 1.01 bits per heavy atom. The number of ether oxygens (including phenoxy) is 1. The molecule has 0 unspecified atom stereocenters. The van der Waals surface area contributed by atoms with Gasteiger partial charge in [0.2, 0.25) is 0 Å². The SMILES string of the molecule is CC(C)(C)c1ccc(-c2ccc(-c3cccc(-c4ccccc4C(C)(C)C)c3N3[CH-]N(c4[c-]c(Oc5[c-]c6c(cc5)c5ccccc5n6-c5cc(C(C)(C)C)c(-c6ccccc6)cn5)ccc4)c4ccccc43)cc2)cc1.[Pt]. The molecule has 0 N–H and O–H groups in total. The van der Waals surface area contributed by atoms with E-state index in [1.54, 1.807) is 0 Å². The fourth-order valence-electron chi connectivity index (χ4n) is 11.1. The largest absolute Gasteiger partial charge is 0.509 e. The minimum absolute atomic E-state index is 0. The van der Waals surface area contributed by atoms with Crippen molar-refractivity contribution in [2.24, 2.45) is 0 Å². The zero-order valence-corrected chi connectivity index (χ0v) is 48.1. The van der Waals surface area contributed by atoms with Gasteiger partial charge in [-0.25, -0.2) is 4.98 Å². The molecule has 3 heterocycles. The molecule has 0 fully saturated rings. The molecule has 5 nitrogen and oxygen atoms in total. The number of hydrogen-bond acceptors (Lipinski definition) is 4. The number of para-hydroxylation sites is 4. The van der Waals surface area contributed by atoms with Crippen molar-refractivity contribution < 1.29 is 25.8 Å². The number of rotatable bonds is 9. The first-order chi connectivity index (χ1) is 37.1. The van der Waals surface area contributed by atoms with Crippen molar-refractivity contribution in [1.82, 2.24) is 9.55 Å². The van der Waals surface area contributed by atoms with E-state index in [9.17, 15) is 0 Å². The summed E-state index contributed by atoms with van der Waals surface area (Å²) in [5.74, 6) is 2.00. The fourth-order valence-corrected chi connectivity index (χ4v) is 11.1. The van der Waals surface area contributed by atoms with Crippen molar-refractivity contribution >= 4 is 44.6 Å². The van der Waals surface area contributed by atoms with Crippen LogP contribution in [0.2, 0.25) is 0 Å². The predicted molar refractivity (Wildman–Crippen MR) is 322 cm³/mol. The second kappa shape index (κ2) is 20.4. The quantitative estimate of drug-likeness (QED) is 0.135. The van der Waals surface area contributed by atoms with Crippen LogP contribution in [0.4, 0.5) is 22.7 Å². The maximum atomic E-state index is 6.79. The van der Waals surface area contributed by atoms with E-state index in [1.807, 2.05) is 24.4 Å². The summed E-state index contributed by atoms with van der Waals surface area (Å²) in [5, 5.41) is 2.20. The zero-order valence-electron chi connectivity index (χ0n) is 45.8. The van der Waals surface area contributed by atoms with Crippen LogP contribution in [-0.2, 0) is 37.3 Å². The second-order valence-electron chi connectivity index (χ2n) is 23.4. The molecule has 12 rings (SSSR count). The molecule has 0 spiro atoms. The van der Waals surface area contributed by atoms with Crippen LogP contribution in [0.1, 0.15) is 79.0 Å². The third-order valence-electron chi connectivity index (χ3n) is 15.0. The van der Waals surface area contributed by atoms with Gasteiger partial charge in [0, 0.05) is 78.0 Å². The molecule has 78 heavy (non-hydrogen) atoms. The van der Waals surface area contributed by atoms with Gasteiger partial charge in [-0.2, -0.15) is 12.1 Å². The van der Waals surface area contributed by atoms with E-state index in [2.05, 4.69) is 284 Å². The summed E-state index contributed by atoms with van der Waals surface area (Å²) >= 11 is 0. The molecule has 9 aromatic carbocycles. The maximum absolute atomic E-state index is 6.79. The van der Waals surface area contributed by atoms with Gasteiger partial charge < -0.3 is 19.1 Å². The molecule has 0 saturated heterocycles. The molecule has 6 heteroatoms. The minimum atomic E-state index is -0.138. The Balaban J connectivity index is 0.00000645. The molecule has 2 aromatic heterocycles. The van der Waals surface area contributed by atoms with Gasteiger partial charge in [0.25, 0.3) is 0 Å². The summed E-state index contributed by atoms with van der Waals surface area (Å²) in [6, 6.07) is 81.2. The Labute approximate surface area is 475 Å². The van der Waals surface area contributed by atoms with E-state index in [-0.39, 0.29) is 37.3 Å². The Bertz CT molecular complexity index is 3990. The Hall–Kier alpha value is -7.98. The Kier molecular flexibility index (Phi) is 13.6. The number of anilines is 4. The summed E-state index contributed by atoms with van der Waals surface area (Å²) in [5.41, 5.74) is 19.0. The van der Waals surface area contributed by atoms with E-state index in [4.69, 9.17) is 9.72 Å². The Morgan fingerprint density at radius 3 is 1.73 bits per heavy atom. The van der Waals surface area contributed by atoms with Gasteiger partial charge in [-0.3, -0.25) is 0 Å². The maximum Gasteiger partial charge on any atom is 0.135 e. The predicted octanol–water partition coefficient (Wildman–Crippen LogP) is 19.5. The topological polar surface area (TPSA) is 33.5 Å². The summed E-state index contributed by atoms with van der Waals surface area (Å²) in [6.45, 7) is 22.7. The van der Waals surface area contributed by atoms with E-state index >= 15 is 0 Å². The van der Waals surface area contributed by atoms with Crippen LogP contribution in [0, 0.1) is 18.8 Å². The third kappa shape index (κ3) is 9.75. The summed E-state index contributed by atoms with van der Waals surface area (Å²) in [6.07, 6.45) is 2.02. The van der Waals surface area contributed by atoms with E-state index in [0.29, 0.717) is 11.5 Å². The number of pyridine rings is 1. The van der Waals surface area contributed by atoms with E-state index in [0.717, 1.165) is 78.2 Å². The van der Waals surface area contributed by atoms with Crippen LogP contribution >= 0.6 is 0 Å². The normalized spacial score (nSPS) is 12.7. The van der Waals surface area contributed by atoms with Crippen molar-refractivity contribution in [3.63, 3.8) is 0 Å². The van der Waals surface area contributed by atoms with Gasteiger partial charge in [-0.05, 0) is 90.4 Å². The van der Waals surface area contributed by atoms with Crippen molar-refractivity contribution in [2.45, 2.75) is 78.6 Å². The zero-order chi connectivity index (χ0) is 53.2. The smallest absolute Gasteiger partial charge is 0.135 e. The molecule has 11 aromatic rings. The molecule has 1 aliphatic rings. The van der Waals surface area contributed by atoms with Crippen LogP contribution in [0.5, 0.6) is 11.5 Å². The van der Waals surface area contributed by atoms with Crippen LogP contribution in [0.15, 0.2) is 212 Å². The molecule has 0 atom stereocenters. The summed E-state index contributed by atoms with van der Waals surface area (Å²) in [7, 11) is 0. The molecule has 0 saturated carbocycles. The van der Waals surface area contributed by atoms with E-state index in [1.165, 1.54) is 33.4 Å². The molecular formula is C72H63N4OPt-3. The van der Waals surface area contributed by atoms with Crippen molar-refractivity contribution in [2.75, 3.05) is 9.80 Å². The summed E-state index contributed by atoms with van der Waals surface area (Å²) < 4.78 is 9.01. The van der Waals surface area contributed by atoms with Crippen LogP contribution < -0.4 is 14.5 Å². The first kappa shape index (κ1) is 52.1. The average molecular weight is 1200 g/mol. The van der Waals surface area contributed by atoms with Gasteiger partial charge in [0.1, 0.15) is 5.82 Å². The number of fused-ring (bicyclic) bond motifs is 4. The van der Waals surface area contributed by atoms with Gasteiger partial charge in [-0.1, -0.05) is 219 Å². The number of aromatic nitrogens is 2. The number of nitrogens with zero attached hydrogens (tertiary/aromatic N) is 4. The number of benzene rings is 9.